The van der Waals surface area contributed by atoms with E-state index in [1.165, 1.54) is 0 Å². The summed E-state index contributed by atoms with van der Waals surface area (Å²) in [6, 6.07) is 5.26. The fourth-order valence-corrected chi connectivity index (χ4v) is 1.25. The van der Waals surface area contributed by atoms with Gasteiger partial charge in [0.25, 0.3) is 0 Å². The van der Waals surface area contributed by atoms with E-state index in [0.717, 1.165) is 5.56 Å². The Balaban J connectivity index is 2.76. The van der Waals surface area contributed by atoms with Crippen molar-refractivity contribution in [1.29, 1.82) is 0 Å². The quantitative estimate of drug-likeness (QED) is 0.578. The monoisotopic (exact) mass is 220 g/mol. The van der Waals surface area contributed by atoms with Gasteiger partial charge in [-0.1, -0.05) is 18.2 Å². The SMILES string of the molecule is C/C=C/COC(=O)c1ccc(C)c(OC)c1. The van der Waals surface area contributed by atoms with E-state index in [1.807, 2.05) is 26.0 Å². The van der Waals surface area contributed by atoms with Crippen LogP contribution in [0, 0.1) is 6.92 Å². The molecule has 0 aromatic heterocycles. The van der Waals surface area contributed by atoms with E-state index >= 15 is 0 Å². The average Bonchev–Trinajstić information content (AvgIpc) is 2.30. The first-order valence-electron chi connectivity index (χ1n) is 5.12. The summed E-state index contributed by atoms with van der Waals surface area (Å²) in [5, 5.41) is 0. The number of benzene rings is 1. The lowest BCUT2D eigenvalue weighted by atomic mass is 10.1. The number of esters is 1. The standard InChI is InChI=1S/C13H16O3/c1-4-5-8-16-13(14)11-7-6-10(2)12(9-11)15-3/h4-7,9H,8H2,1-3H3/b5-4+. The van der Waals surface area contributed by atoms with Crippen molar-refractivity contribution in [2.75, 3.05) is 13.7 Å². The number of aryl methyl sites for hydroxylation is 1. The summed E-state index contributed by atoms with van der Waals surface area (Å²) >= 11 is 0. The van der Waals surface area contributed by atoms with Crippen LogP contribution in [0.15, 0.2) is 30.4 Å². The number of rotatable bonds is 4. The zero-order valence-corrected chi connectivity index (χ0v) is 9.82. The van der Waals surface area contributed by atoms with Crippen LogP contribution in [0.25, 0.3) is 0 Å². The highest BCUT2D eigenvalue weighted by Crippen LogP contribution is 2.19. The molecule has 0 aliphatic heterocycles. The maximum absolute atomic E-state index is 11.6. The Morgan fingerprint density at radius 3 is 2.81 bits per heavy atom. The molecule has 0 radical (unpaired) electrons. The van der Waals surface area contributed by atoms with Crippen molar-refractivity contribution < 1.29 is 14.3 Å². The number of carbonyl (C=O) groups is 1. The molecule has 1 aromatic carbocycles. The first-order chi connectivity index (χ1) is 7.69. The summed E-state index contributed by atoms with van der Waals surface area (Å²) in [4.78, 5) is 11.6. The second-order valence-corrected chi connectivity index (χ2v) is 3.35. The fourth-order valence-electron chi connectivity index (χ4n) is 1.25. The third-order valence-corrected chi connectivity index (χ3v) is 2.19. The molecule has 0 bridgehead atoms. The average molecular weight is 220 g/mol. The van der Waals surface area contributed by atoms with Crippen LogP contribution >= 0.6 is 0 Å². The van der Waals surface area contributed by atoms with E-state index in [1.54, 1.807) is 25.3 Å². The lowest BCUT2D eigenvalue weighted by molar-refractivity contribution is 0.0549. The molecule has 0 aliphatic rings. The van der Waals surface area contributed by atoms with Crippen LogP contribution < -0.4 is 4.74 Å². The Labute approximate surface area is 95.7 Å². The van der Waals surface area contributed by atoms with Crippen molar-refractivity contribution in [2.45, 2.75) is 13.8 Å². The Morgan fingerprint density at radius 1 is 1.44 bits per heavy atom. The van der Waals surface area contributed by atoms with E-state index in [-0.39, 0.29) is 5.97 Å². The number of hydrogen-bond acceptors (Lipinski definition) is 3. The number of allylic oxidation sites excluding steroid dienone is 1. The molecule has 0 saturated heterocycles. The Hall–Kier alpha value is -1.77. The summed E-state index contributed by atoms with van der Waals surface area (Å²) in [7, 11) is 1.58. The predicted molar refractivity (Wildman–Crippen MR) is 62.8 cm³/mol. The Morgan fingerprint density at radius 2 is 2.19 bits per heavy atom. The molecule has 0 atom stereocenters. The largest absolute Gasteiger partial charge is 0.496 e. The molecule has 0 spiro atoms. The van der Waals surface area contributed by atoms with Crippen molar-refractivity contribution in [3.05, 3.63) is 41.5 Å². The minimum atomic E-state index is -0.337. The van der Waals surface area contributed by atoms with Crippen LogP contribution in [0.4, 0.5) is 0 Å². The molecule has 0 amide bonds. The van der Waals surface area contributed by atoms with E-state index in [9.17, 15) is 4.79 Å². The summed E-state index contributed by atoms with van der Waals surface area (Å²) in [6.07, 6.45) is 3.62. The second kappa shape index (κ2) is 5.95. The van der Waals surface area contributed by atoms with Gasteiger partial charge < -0.3 is 9.47 Å². The van der Waals surface area contributed by atoms with Crippen molar-refractivity contribution in [3.63, 3.8) is 0 Å². The molecule has 3 heteroatoms. The predicted octanol–water partition coefficient (Wildman–Crippen LogP) is 2.74. The molecule has 0 aliphatic carbocycles. The topological polar surface area (TPSA) is 35.5 Å². The zero-order chi connectivity index (χ0) is 12.0. The van der Waals surface area contributed by atoms with Gasteiger partial charge in [0.1, 0.15) is 12.4 Å². The van der Waals surface area contributed by atoms with Crippen LogP contribution in [0.5, 0.6) is 5.75 Å². The van der Waals surface area contributed by atoms with Gasteiger partial charge in [0.2, 0.25) is 0 Å². The zero-order valence-electron chi connectivity index (χ0n) is 9.82. The third kappa shape index (κ3) is 3.12. The number of hydrogen-bond donors (Lipinski definition) is 0. The van der Waals surface area contributed by atoms with Crippen molar-refractivity contribution in [2.24, 2.45) is 0 Å². The fraction of sp³-hybridized carbons (Fsp3) is 0.308. The van der Waals surface area contributed by atoms with Gasteiger partial charge in [0.15, 0.2) is 0 Å². The lowest BCUT2D eigenvalue weighted by Gasteiger charge is -2.07. The first-order valence-corrected chi connectivity index (χ1v) is 5.12. The van der Waals surface area contributed by atoms with Gasteiger partial charge in [-0.15, -0.1) is 0 Å². The van der Waals surface area contributed by atoms with Crippen LogP contribution in [0.1, 0.15) is 22.8 Å². The maximum Gasteiger partial charge on any atom is 0.338 e. The van der Waals surface area contributed by atoms with Gasteiger partial charge in [-0.3, -0.25) is 0 Å². The molecule has 1 aromatic rings. The molecular formula is C13H16O3. The first kappa shape index (κ1) is 12.3. The van der Waals surface area contributed by atoms with Gasteiger partial charge in [-0.25, -0.2) is 4.79 Å². The molecule has 3 nitrogen and oxygen atoms in total. The van der Waals surface area contributed by atoms with Gasteiger partial charge in [0, 0.05) is 0 Å². The minimum Gasteiger partial charge on any atom is -0.496 e. The van der Waals surface area contributed by atoms with Crippen LogP contribution in [-0.4, -0.2) is 19.7 Å². The van der Waals surface area contributed by atoms with Gasteiger partial charge in [-0.05, 0) is 31.5 Å². The number of ether oxygens (including phenoxy) is 2. The van der Waals surface area contributed by atoms with Crippen LogP contribution in [0.2, 0.25) is 0 Å². The van der Waals surface area contributed by atoms with Gasteiger partial charge >= 0.3 is 5.97 Å². The lowest BCUT2D eigenvalue weighted by Crippen LogP contribution is -2.05. The minimum absolute atomic E-state index is 0.297. The van der Waals surface area contributed by atoms with E-state index in [2.05, 4.69) is 0 Å². The summed E-state index contributed by atoms with van der Waals surface area (Å²) in [6.45, 7) is 4.10. The van der Waals surface area contributed by atoms with Crippen molar-refractivity contribution in [3.8, 4) is 5.75 Å². The molecule has 0 N–H and O–H groups in total. The Bertz CT molecular complexity index is 394. The van der Waals surface area contributed by atoms with Crippen LogP contribution in [-0.2, 0) is 4.74 Å². The van der Waals surface area contributed by atoms with Crippen molar-refractivity contribution in [1.82, 2.24) is 0 Å². The molecule has 16 heavy (non-hydrogen) atoms. The third-order valence-electron chi connectivity index (χ3n) is 2.19. The molecule has 0 fully saturated rings. The maximum atomic E-state index is 11.6. The van der Waals surface area contributed by atoms with E-state index < -0.39 is 0 Å². The highest BCUT2D eigenvalue weighted by atomic mass is 16.5. The van der Waals surface area contributed by atoms with Gasteiger partial charge in [-0.2, -0.15) is 0 Å². The summed E-state index contributed by atoms with van der Waals surface area (Å²) in [5.41, 5.74) is 1.50. The van der Waals surface area contributed by atoms with E-state index in [0.29, 0.717) is 17.9 Å². The number of carbonyl (C=O) groups excluding carboxylic acids is 1. The number of methoxy groups -OCH3 is 1. The van der Waals surface area contributed by atoms with E-state index in [4.69, 9.17) is 9.47 Å². The molecule has 0 saturated carbocycles. The smallest absolute Gasteiger partial charge is 0.338 e. The normalized spacial score (nSPS) is 10.4. The summed E-state index contributed by atoms with van der Waals surface area (Å²) in [5.74, 6) is 0.358. The Kier molecular flexibility index (Phi) is 4.58. The molecule has 0 heterocycles. The van der Waals surface area contributed by atoms with Gasteiger partial charge in [0.05, 0.1) is 12.7 Å². The molecule has 0 unspecified atom stereocenters. The molecular weight excluding hydrogens is 204 g/mol. The van der Waals surface area contributed by atoms with Crippen LogP contribution in [0.3, 0.4) is 0 Å². The molecule has 86 valence electrons. The summed E-state index contributed by atoms with van der Waals surface area (Å²) < 4.78 is 10.2. The second-order valence-electron chi connectivity index (χ2n) is 3.35. The highest BCUT2D eigenvalue weighted by molar-refractivity contribution is 5.90. The molecule has 1 rings (SSSR count). The highest BCUT2D eigenvalue weighted by Gasteiger charge is 2.08. The van der Waals surface area contributed by atoms with Crippen molar-refractivity contribution >= 4 is 5.97 Å².